The molecule has 0 bridgehead atoms. The summed E-state index contributed by atoms with van der Waals surface area (Å²) in [6, 6.07) is -0.0265. The number of aliphatic hydroxyl groups excluding tert-OH is 1. The van der Waals surface area contributed by atoms with Gasteiger partial charge in [-0.1, -0.05) is 33.1 Å². The molecule has 2 rings (SSSR count). The third-order valence-corrected chi connectivity index (χ3v) is 5.18. The summed E-state index contributed by atoms with van der Waals surface area (Å²) in [4.78, 5) is 38.5. The zero-order chi connectivity index (χ0) is 21.9. The average Bonchev–Trinajstić information content (AvgIpc) is 3.25. The summed E-state index contributed by atoms with van der Waals surface area (Å²) >= 11 is 0. The highest BCUT2D eigenvalue weighted by molar-refractivity contribution is 5.80. The normalized spacial score (nSPS) is 16.9. The van der Waals surface area contributed by atoms with E-state index in [4.69, 9.17) is 0 Å². The summed E-state index contributed by atoms with van der Waals surface area (Å²) in [5, 5.41) is 19.6. The van der Waals surface area contributed by atoms with Gasteiger partial charge >= 0.3 is 0 Å². The number of hydroxylamine groups is 2. The number of hydrazine groups is 1. The number of aryl methyl sites for hydroxylation is 1. The van der Waals surface area contributed by atoms with Gasteiger partial charge in [-0.25, -0.2) is 5.06 Å². The lowest BCUT2D eigenvalue weighted by atomic mass is 10.0. The SMILES string of the molecule is CCCCC[C@@H](CN(O)C=O)C(=O)NNc1nc(CC)nc(N2CCC[C@H]2CO)n1. The van der Waals surface area contributed by atoms with E-state index < -0.39 is 5.92 Å². The van der Waals surface area contributed by atoms with Crippen molar-refractivity contribution in [2.24, 2.45) is 5.92 Å². The molecule has 0 unspecified atom stereocenters. The number of hydrogen-bond acceptors (Lipinski definition) is 9. The lowest BCUT2D eigenvalue weighted by molar-refractivity contribution is -0.154. The highest BCUT2D eigenvalue weighted by Crippen LogP contribution is 2.23. The Hall–Kier alpha value is -2.53. The van der Waals surface area contributed by atoms with Crippen LogP contribution in [0.1, 0.15) is 58.2 Å². The first-order valence-corrected chi connectivity index (χ1v) is 10.6. The number of hydrogen-bond donors (Lipinski definition) is 4. The van der Waals surface area contributed by atoms with E-state index in [1.807, 2.05) is 11.8 Å². The van der Waals surface area contributed by atoms with Gasteiger partial charge in [0.1, 0.15) is 5.82 Å². The Morgan fingerprint density at radius 2 is 2.13 bits per heavy atom. The summed E-state index contributed by atoms with van der Waals surface area (Å²) in [6.45, 7) is 4.68. The lowest BCUT2D eigenvalue weighted by Gasteiger charge is -2.24. The maximum Gasteiger partial charge on any atom is 0.246 e. The van der Waals surface area contributed by atoms with Crippen LogP contribution in [0.3, 0.4) is 0 Å². The van der Waals surface area contributed by atoms with E-state index in [0.29, 0.717) is 29.7 Å². The quantitative estimate of drug-likeness (QED) is 0.157. The van der Waals surface area contributed by atoms with Crippen LogP contribution in [0.25, 0.3) is 0 Å². The van der Waals surface area contributed by atoms with Crippen LogP contribution in [0.4, 0.5) is 11.9 Å². The predicted octanol–water partition coefficient (Wildman–Crippen LogP) is 0.882. The van der Waals surface area contributed by atoms with Crippen molar-refractivity contribution in [3.63, 3.8) is 0 Å². The van der Waals surface area contributed by atoms with E-state index >= 15 is 0 Å². The van der Waals surface area contributed by atoms with Crippen molar-refractivity contribution >= 4 is 24.2 Å². The Kier molecular flexibility index (Phi) is 9.68. The number of carbonyl (C=O) groups is 2. The van der Waals surface area contributed by atoms with Gasteiger partial charge in [0.25, 0.3) is 0 Å². The summed E-state index contributed by atoms with van der Waals surface area (Å²) in [5.74, 6) is 0.321. The highest BCUT2D eigenvalue weighted by Gasteiger charge is 2.27. The molecule has 2 atom stereocenters. The summed E-state index contributed by atoms with van der Waals surface area (Å²) in [7, 11) is 0. The molecule has 0 saturated carbocycles. The van der Waals surface area contributed by atoms with Gasteiger partial charge in [0.15, 0.2) is 0 Å². The van der Waals surface area contributed by atoms with E-state index in [1.165, 1.54) is 0 Å². The largest absolute Gasteiger partial charge is 0.394 e. The molecule has 0 spiro atoms. The number of carbonyl (C=O) groups excluding carboxylic acids is 2. The van der Waals surface area contributed by atoms with Gasteiger partial charge in [-0.3, -0.25) is 25.6 Å². The van der Waals surface area contributed by atoms with Crippen molar-refractivity contribution in [1.82, 2.24) is 25.4 Å². The molecule has 0 aliphatic carbocycles. The molecule has 1 aliphatic heterocycles. The number of nitrogens with zero attached hydrogens (tertiary/aromatic N) is 5. The number of anilines is 2. The minimum atomic E-state index is -0.566. The van der Waals surface area contributed by atoms with Crippen molar-refractivity contribution in [3.05, 3.63) is 5.82 Å². The molecular weight excluding hydrogens is 390 g/mol. The van der Waals surface area contributed by atoms with Gasteiger partial charge in [-0.05, 0) is 19.3 Å². The van der Waals surface area contributed by atoms with Crippen LogP contribution in [0, 0.1) is 5.92 Å². The first-order chi connectivity index (χ1) is 14.5. The molecule has 168 valence electrons. The molecule has 2 heterocycles. The van der Waals surface area contributed by atoms with E-state index in [2.05, 4.69) is 32.7 Å². The minimum Gasteiger partial charge on any atom is -0.394 e. The Bertz CT molecular complexity index is 691. The number of nitrogens with one attached hydrogen (secondary N) is 2. The van der Waals surface area contributed by atoms with Gasteiger partial charge < -0.3 is 10.0 Å². The second-order valence-electron chi connectivity index (χ2n) is 7.44. The molecule has 11 heteroatoms. The van der Waals surface area contributed by atoms with Crippen LogP contribution in [-0.4, -0.2) is 68.4 Å². The summed E-state index contributed by atoms with van der Waals surface area (Å²) < 4.78 is 0. The Morgan fingerprint density at radius 1 is 1.33 bits per heavy atom. The third-order valence-electron chi connectivity index (χ3n) is 5.18. The Morgan fingerprint density at radius 3 is 2.80 bits per heavy atom. The molecule has 1 aliphatic rings. The van der Waals surface area contributed by atoms with E-state index in [0.717, 1.165) is 38.6 Å². The molecular formula is C19H33N7O4. The van der Waals surface area contributed by atoms with Crippen LogP contribution >= 0.6 is 0 Å². The summed E-state index contributed by atoms with van der Waals surface area (Å²) in [5.41, 5.74) is 5.33. The predicted molar refractivity (Wildman–Crippen MR) is 111 cm³/mol. The van der Waals surface area contributed by atoms with Crippen molar-refractivity contribution < 1.29 is 19.9 Å². The molecule has 11 nitrogen and oxygen atoms in total. The third kappa shape index (κ3) is 6.77. The first-order valence-electron chi connectivity index (χ1n) is 10.6. The average molecular weight is 424 g/mol. The maximum atomic E-state index is 12.6. The summed E-state index contributed by atoms with van der Waals surface area (Å²) in [6.07, 6.45) is 6.02. The molecule has 1 saturated heterocycles. The highest BCUT2D eigenvalue weighted by atomic mass is 16.5. The molecule has 1 fully saturated rings. The van der Waals surface area contributed by atoms with Gasteiger partial charge in [0.2, 0.25) is 24.2 Å². The number of aromatic nitrogens is 3. The van der Waals surface area contributed by atoms with Crippen LogP contribution in [0.2, 0.25) is 0 Å². The minimum absolute atomic E-state index is 0.0265. The van der Waals surface area contributed by atoms with Crippen molar-refractivity contribution in [2.75, 3.05) is 30.0 Å². The first kappa shape index (κ1) is 23.7. The molecule has 30 heavy (non-hydrogen) atoms. The lowest BCUT2D eigenvalue weighted by Crippen LogP contribution is -2.41. The van der Waals surface area contributed by atoms with Crippen LogP contribution < -0.4 is 15.8 Å². The van der Waals surface area contributed by atoms with Gasteiger partial charge in [-0.15, -0.1) is 0 Å². The topological polar surface area (TPSA) is 144 Å². The fourth-order valence-corrected chi connectivity index (χ4v) is 3.47. The maximum absolute atomic E-state index is 12.6. The van der Waals surface area contributed by atoms with Gasteiger partial charge in [-0.2, -0.15) is 15.0 Å². The number of amides is 2. The van der Waals surface area contributed by atoms with Crippen molar-refractivity contribution in [1.29, 1.82) is 0 Å². The molecule has 1 aromatic rings. The van der Waals surface area contributed by atoms with Crippen LogP contribution in [0.15, 0.2) is 0 Å². The van der Waals surface area contributed by atoms with E-state index in [1.54, 1.807) is 0 Å². The smallest absolute Gasteiger partial charge is 0.246 e. The van der Waals surface area contributed by atoms with Gasteiger partial charge in [0, 0.05) is 13.0 Å². The van der Waals surface area contributed by atoms with Crippen LogP contribution in [-0.2, 0) is 16.0 Å². The Balaban J connectivity index is 2.07. The monoisotopic (exact) mass is 423 g/mol. The molecule has 0 aromatic carbocycles. The van der Waals surface area contributed by atoms with E-state index in [-0.39, 0.29) is 37.5 Å². The standard InChI is InChI=1S/C19H33N7O4/c1-3-5-6-8-14(11-25(30)13-28)17(29)23-24-18-20-16(4-2)21-19(22-18)26-10-7-9-15(26)12-27/h13-15,27,30H,3-12H2,1-2H3,(H,23,29)(H,20,21,22,24)/t14-,15-/m0/s1. The molecule has 0 radical (unpaired) electrons. The molecule has 4 N–H and O–H groups in total. The number of aliphatic hydroxyl groups is 1. The zero-order valence-corrected chi connectivity index (χ0v) is 17.8. The molecule has 1 aromatic heterocycles. The zero-order valence-electron chi connectivity index (χ0n) is 17.8. The Labute approximate surface area is 176 Å². The van der Waals surface area contributed by atoms with Crippen molar-refractivity contribution in [2.45, 2.75) is 64.8 Å². The fraction of sp³-hybridized carbons (Fsp3) is 0.737. The number of rotatable bonds is 13. The second kappa shape index (κ2) is 12.2. The van der Waals surface area contributed by atoms with Gasteiger partial charge in [0.05, 0.1) is 25.1 Å². The fourth-order valence-electron chi connectivity index (χ4n) is 3.47. The van der Waals surface area contributed by atoms with Crippen molar-refractivity contribution in [3.8, 4) is 0 Å². The second-order valence-corrected chi connectivity index (χ2v) is 7.44. The van der Waals surface area contributed by atoms with Crippen LogP contribution in [0.5, 0.6) is 0 Å². The molecule has 2 amide bonds. The van der Waals surface area contributed by atoms with E-state index in [9.17, 15) is 19.9 Å². The number of unbranched alkanes of at least 4 members (excludes halogenated alkanes) is 2.